The first-order valence-electron chi connectivity index (χ1n) is 17.9. The van der Waals surface area contributed by atoms with E-state index in [0.29, 0.717) is 11.5 Å². The molecule has 2 fully saturated rings. The fraction of sp³-hybridized carbons (Fsp3) is 0.425. The molecule has 13 nitrogen and oxygen atoms in total. The highest BCUT2D eigenvalue weighted by Crippen LogP contribution is 2.56. The van der Waals surface area contributed by atoms with Crippen molar-refractivity contribution >= 4 is 8.53 Å². The summed E-state index contributed by atoms with van der Waals surface area (Å²) in [5.74, 6) is 1.37. The molecule has 14 heteroatoms. The van der Waals surface area contributed by atoms with Crippen LogP contribution >= 0.6 is 8.53 Å². The molecule has 2 bridgehead atoms. The number of H-pyrrole nitrogens is 1. The van der Waals surface area contributed by atoms with Gasteiger partial charge < -0.3 is 32.7 Å². The van der Waals surface area contributed by atoms with Gasteiger partial charge in [-0.2, -0.15) is 5.26 Å². The van der Waals surface area contributed by atoms with Gasteiger partial charge in [0.1, 0.15) is 34.9 Å². The highest BCUT2D eigenvalue weighted by Gasteiger charge is 2.65. The van der Waals surface area contributed by atoms with Crippen molar-refractivity contribution in [1.82, 2.24) is 14.2 Å². The maximum Gasteiger partial charge on any atom is 0.330 e. The number of nitrogens with one attached hydrogen (secondary N) is 1. The van der Waals surface area contributed by atoms with E-state index in [1.54, 1.807) is 14.2 Å². The third-order valence-corrected chi connectivity index (χ3v) is 11.8. The lowest BCUT2D eigenvalue weighted by Gasteiger charge is -2.41. The molecular weight excluding hydrogens is 711 g/mol. The number of methoxy groups -OCH3 is 2. The van der Waals surface area contributed by atoms with Crippen LogP contribution in [0.1, 0.15) is 57.0 Å². The zero-order valence-electron chi connectivity index (χ0n) is 31.3. The van der Waals surface area contributed by atoms with E-state index in [-0.39, 0.29) is 38.3 Å². The first kappa shape index (κ1) is 39.3. The van der Waals surface area contributed by atoms with E-state index in [4.69, 9.17) is 32.7 Å². The molecule has 0 aliphatic carbocycles. The second kappa shape index (κ2) is 17.0. The summed E-state index contributed by atoms with van der Waals surface area (Å²) in [5.41, 5.74) is -1.13. The van der Waals surface area contributed by atoms with Crippen LogP contribution in [-0.4, -0.2) is 78.2 Å². The predicted octanol–water partition coefficient (Wildman–Crippen LogP) is 5.89. The minimum atomic E-state index is -1.76. The van der Waals surface area contributed by atoms with Gasteiger partial charge in [0, 0.05) is 24.3 Å². The molecule has 1 N–H and O–H groups in total. The molecule has 3 heterocycles. The van der Waals surface area contributed by atoms with Gasteiger partial charge in [-0.15, -0.1) is 0 Å². The average Bonchev–Trinajstić information content (AvgIpc) is 3.66. The van der Waals surface area contributed by atoms with E-state index in [0.717, 1.165) is 16.7 Å². The van der Waals surface area contributed by atoms with Gasteiger partial charge in [0.2, 0.25) is 0 Å². The number of hydrogen-bond acceptors (Lipinski definition) is 11. The summed E-state index contributed by atoms with van der Waals surface area (Å²) in [6.07, 6.45) is -0.968. The van der Waals surface area contributed by atoms with E-state index in [1.807, 2.05) is 78.9 Å². The fourth-order valence-electron chi connectivity index (χ4n) is 7.20. The minimum absolute atomic E-state index is 0.0276. The van der Waals surface area contributed by atoms with Gasteiger partial charge >= 0.3 is 5.69 Å². The number of benzene rings is 3. The Morgan fingerprint density at radius 1 is 0.926 bits per heavy atom. The van der Waals surface area contributed by atoms with Gasteiger partial charge in [-0.05, 0) is 68.7 Å². The molecule has 0 saturated carbocycles. The van der Waals surface area contributed by atoms with E-state index in [1.165, 1.54) is 16.8 Å². The van der Waals surface area contributed by atoms with Crippen LogP contribution in [-0.2, 0) is 28.9 Å². The summed E-state index contributed by atoms with van der Waals surface area (Å²) in [4.78, 5) is 27.6. The third-order valence-electron chi connectivity index (χ3n) is 9.67. The normalized spacial score (nSPS) is 21.4. The smallest absolute Gasteiger partial charge is 0.330 e. The highest BCUT2D eigenvalue weighted by atomic mass is 31.2. The van der Waals surface area contributed by atoms with Crippen LogP contribution in [0, 0.1) is 11.3 Å². The van der Waals surface area contributed by atoms with Gasteiger partial charge in [0.05, 0.1) is 46.5 Å². The molecule has 1 aromatic heterocycles. The molecule has 0 radical (unpaired) electrons. The molecule has 0 spiro atoms. The van der Waals surface area contributed by atoms with Crippen molar-refractivity contribution < 1.29 is 32.7 Å². The number of nitriles is 1. The van der Waals surface area contributed by atoms with Gasteiger partial charge in [-0.3, -0.25) is 14.3 Å². The standard InChI is InChI=1S/C40H47N4O9P/c1-27(2)44(28(3)4)54(51-24-10-22-41)53-36-35-37(43-23-21-34(45)42-38(43)46)52-39(36,25-49-35)26-50-40(29-11-8-7-9-12-29,30-13-17-32(47-5)18-14-30)31-15-19-33(48-6)20-16-31/h7-9,11-21,23,27-28,35-37H,10,24-26H2,1-6H3,(H,42,45,46)/t35-,36+,37-,39-,54?/m1/s1. The van der Waals surface area contributed by atoms with Crippen molar-refractivity contribution in [3.63, 3.8) is 0 Å². The lowest BCUT2D eigenvalue weighted by atomic mass is 9.79. The van der Waals surface area contributed by atoms with Crippen LogP contribution < -0.4 is 20.7 Å². The van der Waals surface area contributed by atoms with E-state index < -0.39 is 49.4 Å². The summed E-state index contributed by atoms with van der Waals surface area (Å²) in [7, 11) is 1.48. The number of aromatic amines is 1. The summed E-state index contributed by atoms with van der Waals surface area (Å²) >= 11 is 0. The molecular formula is C40H47N4O9P. The Balaban J connectivity index is 1.48. The Bertz CT molecular complexity index is 1940. The Morgan fingerprint density at radius 3 is 2.06 bits per heavy atom. The zero-order chi connectivity index (χ0) is 38.5. The van der Waals surface area contributed by atoms with Crippen LogP contribution in [0.3, 0.4) is 0 Å². The van der Waals surface area contributed by atoms with Gasteiger partial charge in [-0.1, -0.05) is 54.6 Å². The Kier molecular flexibility index (Phi) is 12.4. The second-order valence-electron chi connectivity index (χ2n) is 13.7. The van der Waals surface area contributed by atoms with Gasteiger partial charge in [-0.25, -0.2) is 9.46 Å². The van der Waals surface area contributed by atoms with Crippen molar-refractivity contribution in [1.29, 1.82) is 5.26 Å². The SMILES string of the molecule is COc1ccc(C(OC[C@@]23CO[C@@H]([C@H](n4ccc(=O)[nH]c4=O)O2)[C@@H]3OP(OCCC#N)N(C(C)C)C(C)C)(c2ccccc2)c2ccc(OC)cc2)cc1. The quantitative estimate of drug-likeness (QED) is 0.0782. The van der Waals surface area contributed by atoms with E-state index in [2.05, 4.69) is 43.4 Å². The topological polar surface area (TPSA) is 147 Å². The van der Waals surface area contributed by atoms with Crippen LogP contribution in [0.5, 0.6) is 11.5 Å². The highest BCUT2D eigenvalue weighted by molar-refractivity contribution is 7.44. The van der Waals surface area contributed by atoms with Crippen LogP contribution in [0.2, 0.25) is 0 Å². The number of rotatable bonds is 17. The first-order chi connectivity index (χ1) is 26.1. The largest absolute Gasteiger partial charge is 0.497 e. The summed E-state index contributed by atoms with van der Waals surface area (Å²) in [5, 5.41) is 9.34. The molecule has 2 aliphatic rings. The average molecular weight is 759 g/mol. The Hall–Kier alpha value is -4.38. The Labute approximate surface area is 316 Å². The summed E-state index contributed by atoms with van der Waals surface area (Å²) in [6, 6.07) is 28.8. The number of aromatic nitrogens is 2. The van der Waals surface area contributed by atoms with Crippen molar-refractivity contribution in [3.05, 3.63) is 129 Å². The third kappa shape index (κ3) is 7.74. The van der Waals surface area contributed by atoms with Crippen LogP contribution in [0.15, 0.2) is 101 Å². The predicted molar refractivity (Wildman–Crippen MR) is 202 cm³/mol. The van der Waals surface area contributed by atoms with Crippen molar-refractivity contribution in [2.75, 3.05) is 34.0 Å². The van der Waals surface area contributed by atoms with Crippen molar-refractivity contribution in [3.8, 4) is 17.6 Å². The van der Waals surface area contributed by atoms with Crippen molar-refractivity contribution in [2.24, 2.45) is 0 Å². The first-order valence-corrected chi connectivity index (χ1v) is 19.0. The summed E-state index contributed by atoms with van der Waals surface area (Å²) < 4.78 is 48.5. The second-order valence-corrected chi connectivity index (χ2v) is 15.1. The van der Waals surface area contributed by atoms with Gasteiger partial charge in [0.25, 0.3) is 14.1 Å². The lowest BCUT2D eigenvalue weighted by Crippen LogP contribution is -2.49. The van der Waals surface area contributed by atoms with E-state index >= 15 is 0 Å². The molecule has 2 saturated heterocycles. The van der Waals surface area contributed by atoms with Gasteiger partial charge in [0.15, 0.2) is 6.23 Å². The molecule has 2 aliphatic heterocycles. The molecule has 6 rings (SSSR count). The molecule has 5 atom stereocenters. The number of nitrogens with zero attached hydrogens (tertiary/aromatic N) is 3. The van der Waals surface area contributed by atoms with E-state index in [9.17, 15) is 14.9 Å². The Morgan fingerprint density at radius 2 is 1.52 bits per heavy atom. The molecule has 286 valence electrons. The molecule has 3 aromatic carbocycles. The maximum absolute atomic E-state index is 13.2. The molecule has 4 aromatic rings. The van der Waals surface area contributed by atoms with Crippen molar-refractivity contribution in [2.45, 2.75) is 75.8 Å². The zero-order valence-corrected chi connectivity index (χ0v) is 32.2. The molecule has 1 unspecified atom stereocenters. The number of fused-ring (bicyclic) bond motifs is 2. The number of hydrogen-bond donors (Lipinski definition) is 1. The number of ether oxygens (including phenoxy) is 5. The van der Waals surface area contributed by atoms with Crippen LogP contribution in [0.4, 0.5) is 0 Å². The molecule has 0 amide bonds. The monoisotopic (exact) mass is 758 g/mol. The summed E-state index contributed by atoms with van der Waals surface area (Å²) in [6.45, 7) is 8.42. The minimum Gasteiger partial charge on any atom is -0.497 e. The fourth-order valence-corrected chi connectivity index (χ4v) is 9.01. The van der Waals surface area contributed by atoms with Crippen LogP contribution in [0.25, 0.3) is 0 Å². The maximum atomic E-state index is 13.2. The lowest BCUT2D eigenvalue weighted by molar-refractivity contribution is -0.203. The molecule has 54 heavy (non-hydrogen) atoms.